The molecule has 100 valence electrons. The monoisotopic (exact) mass is 245 g/mol. The average molecular weight is 245 g/mol. The van der Waals surface area contributed by atoms with Crippen molar-refractivity contribution in [2.75, 3.05) is 6.54 Å². The van der Waals surface area contributed by atoms with Crippen LogP contribution in [-0.4, -0.2) is 6.54 Å². The first-order chi connectivity index (χ1) is 8.74. The third-order valence-electron chi connectivity index (χ3n) is 4.65. The first-order valence-electron chi connectivity index (χ1n) is 7.50. The largest absolute Gasteiger partial charge is 0.330 e. The number of rotatable bonds is 5. The molecule has 0 unspecified atom stereocenters. The molecule has 1 saturated carbocycles. The second-order valence-corrected chi connectivity index (χ2v) is 6.08. The van der Waals surface area contributed by atoms with Gasteiger partial charge in [-0.15, -0.1) is 0 Å². The number of hydrogen-bond acceptors (Lipinski definition) is 1. The zero-order valence-corrected chi connectivity index (χ0v) is 11.8. The van der Waals surface area contributed by atoms with E-state index in [4.69, 9.17) is 5.73 Å². The maximum atomic E-state index is 5.83. The Morgan fingerprint density at radius 1 is 1.00 bits per heavy atom. The Hall–Kier alpha value is -0.820. The molecule has 18 heavy (non-hydrogen) atoms. The van der Waals surface area contributed by atoms with E-state index in [1.165, 1.54) is 62.5 Å². The van der Waals surface area contributed by atoms with Gasteiger partial charge in [0.25, 0.3) is 0 Å². The van der Waals surface area contributed by atoms with Gasteiger partial charge in [-0.05, 0) is 56.6 Å². The maximum absolute atomic E-state index is 5.83. The minimum atomic E-state index is 0.553. The fourth-order valence-corrected chi connectivity index (χ4v) is 3.40. The molecule has 1 aliphatic rings. The summed E-state index contributed by atoms with van der Waals surface area (Å²) in [5.41, 5.74) is 9.23. The molecule has 0 heterocycles. The topological polar surface area (TPSA) is 26.0 Å². The summed E-state index contributed by atoms with van der Waals surface area (Å²) in [4.78, 5) is 0. The summed E-state index contributed by atoms with van der Waals surface area (Å²) in [5, 5.41) is 0. The second-order valence-electron chi connectivity index (χ2n) is 6.08. The summed E-state index contributed by atoms with van der Waals surface area (Å²) in [6.45, 7) is 3.01. The molecule has 1 aromatic rings. The van der Waals surface area contributed by atoms with E-state index in [1.54, 1.807) is 0 Å². The van der Waals surface area contributed by atoms with E-state index in [0.29, 0.717) is 5.41 Å². The molecule has 2 N–H and O–H groups in total. The second kappa shape index (κ2) is 6.38. The van der Waals surface area contributed by atoms with E-state index >= 15 is 0 Å². The summed E-state index contributed by atoms with van der Waals surface area (Å²) in [5.74, 6) is 0. The van der Waals surface area contributed by atoms with Crippen LogP contribution in [-0.2, 0) is 6.42 Å². The Morgan fingerprint density at radius 3 is 2.28 bits per heavy atom. The average Bonchev–Trinajstić information content (AvgIpc) is 2.40. The van der Waals surface area contributed by atoms with Crippen molar-refractivity contribution in [1.82, 2.24) is 0 Å². The van der Waals surface area contributed by atoms with Crippen LogP contribution in [0.3, 0.4) is 0 Å². The van der Waals surface area contributed by atoms with Crippen LogP contribution in [0.2, 0.25) is 0 Å². The van der Waals surface area contributed by atoms with Crippen molar-refractivity contribution in [3.63, 3.8) is 0 Å². The van der Waals surface area contributed by atoms with Gasteiger partial charge in [-0.25, -0.2) is 0 Å². The van der Waals surface area contributed by atoms with Gasteiger partial charge in [-0.2, -0.15) is 0 Å². The number of hydrogen-bond donors (Lipinski definition) is 1. The molecule has 0 saturated heterocycles. The predicted molar refractivity (Wildman–Crippen MR) is 78.7 cm³/mol. The Morgan fingerprint density at radius 2 is 1.67 bits per heavy atom. The molecule has 1 fully saturated rings. The minimum Gasteiger partial charge on any atom is -0.330 e. The third kappa shape index (κ3) is 3.58. The van der Waals surface area contributed by atoms with Crippen LogP contribution < -0.4 is 5.73 Å². The molecule has 1 heteroatoms. The van der Waals surface area contributed by atoms with Crippen LogP contribution in [0.25, 0.3) is 0 Å². The Bertz CT molecular complexity index is 341. The molecule has 0 spiro atoms. The SMILES string of the molecule is Cc1ccc(CCC2(CCN)CCCCC2)cc1. The van der Waals surface area contributed by atoms with E-state index in [2.05, 4.69) is 31.2 Å². The normalized spacial score (nSPS) is 18.8. The first kappa shape index (κ1) is 13.6. The van der Waals surface area contributed by atoms with Crippen LogP contribution in [0.1, 0.15) is 56.1 Å². The zero-order chi connectivity index (χ0) is 12.8. The number of benzene rings is 1. The van der Waals surface area contributed by atoms with Gasteiger partial charge in [-0.3, -0.25) is 0 Å². The molecule has 1 aliphatic carbocycles. The molecule has 0 bridgehead atoms. The van der Waals surface area contributed by atoms with Crippen molar-refractivity contribution in [3.8, 4) is 0 Å². The lowest BCUT2D eigenvalue weighted by molar-refractivity contribution is 0.161. The lowest BCUT2D eigenvalue weighted by Crippen LogP contribution is -2.27. The highest BCUT2D eigenvalue weighted by Crippen LogP contribution is 2.42. The van der Waals surface area contributed by atoms with E-state index < -0.39 is 0 Å². The van der Waals surface area contributed by atoms with Crippen LogP contribution >= 0.6 is 0 Å². The van der Waals surface area contributed by atoms with Gasteiger partial charge < -0.3 is 5.73 Å². The molecular weight excluding hydrogens is 218 g/mol. The molecule has 0 amide bonds. The molecular formula is C17H27N. The Labute approximate surface area is 112 Å². The minimum absolute atomic E-state index is 0.553. The van der Waals surface area contributed by atoms with Gasteiger partial charge in [0.2, 0.25) is 0 Å². The Kier molecular flexibility index (Phi) is 4.82. The molecule has 0 atom stereocenters. The molecule has 0 radical (unpaired) electrons. The van der Waals surface area contributed by atoms with Gasteiger partial charge in [0.05, 0.1) is 0 Å². The van der Waals surface area contributed by atoms with E-state index in [1.807, 2.05) is 0 Å². The highest BCUT2D eigenvalue weighted by atomic mass is 14.5. The van der Waals surface area contributed by atoms with E-state index in [9.17, 15) is 0 Å². The molecule has 2 rings (SSSR count). The number of aryl methyl sites for hydroxylation is 2. The summed E-state index contributed by atoms with van der Waals surface area (Å²) in [6.07, 6.45) is 10.8. The predicted octanol–water partition coefficient (Wildman–Crippen LogP) is 4.23. The fraction of sp³-hybridized carbons (Fsp3) is 0.647. The summed E-state index contributed by atoms with van der Waals surface area (Å²) < 4.78 is 0. The number of nitrogens with two attached hydrogens (primary N) is 1. The standard InChI is InChI=1S/C17H27N/c1-15-5-7-16(8-6-15)9-12-17(13-14-18)10-3-2-4-11-17/h5-8H,2-4,9-14,18H2,1H3. The van der Waals surface area contributed by atoms with E-state index in [0.717, 1.165) is 6.54 Å². The lowest BCUT2D eigenvalue weighted by atomic mass is 9.68. The van der Waals surface area contributed by atoms with Gasteiger partial charge in [0, 0.05) is 0 Å². The zero-order valence-electron chi connectivity index (χ0n) is 11.8. The van der Waals surface area contributed by atoms with Gasteiger partial charge >= 0.3 is 0 Å². The maximum Gasteiger partial charge on any atom is -0.00720 e. The highest BCUT2D eigenvalue weighted by molar-refractivity contribution is 5.21. The van der Waals surface area contributed by atoms with Gasteiger partial charge in [-0.1, -0.05) is 49.1 Å². The summed E-state index contributed by atoms with van der Waals surface area (Å²) in [7, 11) is 0. The van der Waals surface area contributed by atoms with Crippen molar-refractivity contribution in [1.29, 1.82) is 0 Å². The van der Waals surface area contributed by atoms with Crippen molar-refractivity contribution < 1.29 is 0 Å². The van der Waals surface area contributed by atoms with Crippen molar-refractivity contribution in [2.45, 2.75) is 58.3 Å². The van der Waals surface area contributed by atoms with E-state index in [-0.39, 0.29) is 0 Å². The smallest absolute Gasteiger partial charge is 0.00720 e. The highest BCUT2D eigenvalue weighted by Gasteiger charge is 2.30. The van der Waals surface area contributed by atoms with Crippen molar-refractivity contribution in [2.24, 2.45) is 11.1 Å². The molecule has 0 aliphatic heterocycles. The molecule has 0 aromatic heterocycles. The first-order valence-corrected chi connectivity index (χ1v) is 7.50. The molecule has 1 aromatic carbocycles. The molecule has 1 nitrogen and oxygen atoms in total. The lowest BCUT2D eigenvalue weighted by Gasteiger charge is -2.37. The summed E-state index contributed by atoms with van der Waals surface area (Å²) in [6, 6.07) is 9.03. The van der Waals surface area contributed by atoms with Crippen LogP contribution in [0.15, 0.2) is 24.3 Å². The quantitative estimate of drug-likeness (QED) is 0.825. The van der Waals surface area contributed by atoms with Gasteiger partial charge in [0.15, 0.2) is 0 Å². The van der Waals surface area contributed by atoms with Crippen molar-refractivity contribution in [3.05, 3.63) is 35.4 Å². The third-order valence-corrected chi connectivity index (χ3v) is 4.65. The van der Waals surface area contributed by atoms with Crippen molar-refractivity contribution >= 4 is 0 Å². The Balaban J connectivity index is 1.94. The van der Waals surface area contributed by atoms with Crippen LogP contribution in [0.4, 0.5) is 0 Å². The van der Waals surface area contributed by atoms with Gasteiger partial charge in [0.1, 0.15) is 0 Å². The van der Waals surface area contributed by atoms with Crippen LogP contribution in [0.5, 0.6) is 0 Å². The summed E-state index contributed by atoms with van der Waals surface area (Å²) >= 11 is 0. The fourth-order valence-electron chi connectivity index (χ4n) is 3.40. The van der Waals surface area contributed by atoms with Crippen LogP contribution in [0, 0.1) is 12.3 Å².